The van der Waals surface area contributed by atoms with Crippen molar-refractivity contribution < 1.29 is 0 Å². The number of rotatable bonds is 2. The molecule has 0 aliphatic heterocycles. The standard InChI is InChI=1S/C16H19BrN2/c1-16(2)8-6-11(10-16)19-15-13-4-3-5-14(17)12(13)7-9-18-15/h3-5,7,9,11H,6,8,10H2,1-2H3,(H,18,19). The van der Waals surface area contributed by atoms with Gasteiger partial charge in [-0.05, 0) is 36.8 Å². The number of anilines is 1. The molecule has 1 atom stereocenters. The van der Waals surface area contributed by atoms with Crippen molar-refractivity contribution in [3.8, 4) is 0 Å². The number of nitrogens with one attached hydrogen (secondary N) is 1. The van der Waals surface area contributed by atoms with Gasteiger partial charge >= 0.3 is 0 Å². The maximum Gasteiger partial charge on any atom is 0.134 e. The lowest BCUT2D eigenvalue weighted by molar-refractivity contribution is 0.378. The van der Waals surface area contributed by atoms with E-state index in [1.54, 1.807) is 0 Å². The second kappa shape index (κ2) is 4.78. The first-order valence-corrected chi connectivity index (χ1v) is 7.64. The molecule has 1 unspecified atom stereocenters. The van der Waals surface area contributed by atoms with Gasteiger partial charge in [0.25, 0.3) is 0 Å². The predicted octanol–water partition coefficient (Wildman–Crippen LogP) is 4.99. The van der Waals surface area contributed by atoms with Crippen LogP contribution in [0.2, 0.25) is 0 Å². The number of fused-ring (bicyclic) bond motifs is 1. The van der Waals surface area contributed by atoms with E-state index in [2.05, 4.69) is 64.3 Å². The number of hydrogen-bond donors (Lipinski definition) is 1. The van der Waals surface area contributed by atoms with E-state index < -0.39 is 0 Å². The summed E-state index contributed by atoms with van der Waals surface area (Å²) in [7, 11) is 0. The normalized spacial score (nSPS) is 21.7. The summed E-state index contributed by atoms with van der Waals surface area (Å²) >= 11 is 3.61. The van der Waals surface area contributed by atoms with Gasteiger partial charge in [-0.1, -0.05) is 41.9 Å². The van der Waals surface area contributed by atoms with Crippen LogP contribution in [0.4, 0.5) is 5.82 Å². The zero-order valence-electron chi connectivity index (χ0n) is 11.4. The zero-order chi connectivity index (χ0) is 13.5. The molecule has 1 saturated carbocycles. The Balaban J connectivity index is 1.92. The van der Waals surface area contributed by atoms with Gasteiger partial charge in [-0.3, -0.25) is 0 Å². The van der Waals surface area contributed by atoms with E-state index in [1.165, 1.54) is 30.0 Å². The van der Waals surface area contributed by atoms with E-state index in [-0.39, 0.29) is 0 Å². The first-order chi connectivity index (χ1) is 9.05. The molecule has 1 N–H and O–H groups in total. The molecular weight excluding hydrogens is 300 g/mol. The van der Waals surface area contributed by atoms with Crippen LogP contribution < -0.4 is 5.32 Å². The van der Waals surface area contributed by atoms with E-state index >= 15 is 0 Å². The SMILES string of the molecule is CC1(C)CCC(Nc2nccc3c(Br)cccc23)C1. The molecule has 0 amide bonds. The van der Waals surface area contributed by atoms with Crippen molar-refractivity contribution in [2.24, 2.45) is 5.41 Å². The number of pyridine rings is 1. The molecule has 0 spiro atoms. The topological polar surface area (TPSA) is 24.9 Å². The molecule has 2 aromatic rings. The number of halogens is 1. The summed E-state index contributed by atoms with van der Waals surface area (Å²) in [5, 5.41) is 6.05. The Morgan fingerprint density at radius 3 is 2.84 bits per heavy atom. The molecule has 19 heavy (non-hydrogen) atoms. The lowest BCUT2D eigenvalue weighted by Crippen LogP contribution is -2.18. The summed E-state index contributed by atoms with van der Waals surface area (Å²) in [6, 6.07) is 8.88. The minimum atomic E-state index is 0.461. The van der Waals surface area contributed by atoms with E-state index in [0.717, 1.165) is 10.3 Å². The lowest BCUT2D eigenvalue weighted by atomic mass is 9.92. The van der Waals surface area contributed by atoms with Crippen molar-refractivity contribution in [3.05, 3.63) is 34.9 Å². The first kappa shape index (κ1) is 12.9. The van der Waals surface area contributed by atoms with Crippen molar-refractivity contribution in [1.29, 1.82) is 0 Å². The van der Waals surface area contributed by atoms with Gasteiger partial charge < -0.3 is 5.32 Å². The molecular formula is C16H19BrN2. The average Bonchev–Trinajstić information content (AvgIpc) is 2.70. The maximum atomic E-state index is 4.53. The molecule has 3 rings (SSSR count). The van der Waals surface area contributed by atoms with E-state index in [1.807, 2.05) is 6.20 Å². The number of nitrogens with zero attached hydrogens (tertiary/aromatic N) is 1. The van der Waals surface area contributed by atoms with Crippen LogP contribution in [0.5, 0.6) is 0 Å². The van der Waals surface area contributed by atoms with Gasteiger partial charge in [0, 0.05) is 27.5 Å². The maximum absolute atomic E-state index is 4.53. The highest BCUT2D eigenvalue weighted by molar-refractivity contribution is 9.10. The third kappa shape index (κ3) is 2.62. The van der Waals surface area contributed by atoms with Gasteiger partial charge in [-0.25, -0.2) is 4.98 Å². The van der Waals surface area contributed by atoms with E-state index in [4.69, 9.17) is 0 Å². The van der Waals surface area contributed by atoms with Crippen LogP contribution in [0.3, 0.4) is 0 Å². The van der Waals surface area contributed by atoms with Crippen LogP contribution in [0.25, 0.3) is 10.8 Å². The predicted molar refractivity (Wildman–Crippen MR) is 84.5 cm³/mol. The van der Waals surface area contributed by atoms with Crippen molar-refractivity contribution in [3.63, 3.8) is 0 Å². The molecule has 0 radical (unpaired) electrons. The van der Waals surface area contributed by atoms with Crippen LogP contribution in [-0.4, -0.2) is 11.0 Å². The van der Waals surface area contributed by atoms with E-state index in [0.29, 0.717) is 11.5 Å². The summed E-state index contributed by atoms with van der Waals surface area (Å²) in [5.41, 5.74) is 0.461. The van der Waals surface area contributed by atoms with Crippen LogP contribution in [0.15, 0.2) is 34.9 Å². The Labute approximate surface area is 122 Å². The lowest BCUT2D eigenvalue weighted by Gasteiger charge is -2.19. The molecule has 100 valence electrons. The van der Waals surface area contributed by atoms with Crippen LogP contribution in [0.1, 0.15) is 33.1 Å². The van der Waals surface area contributed by atoms with Gasteiger partial charge in [0.2, 0.25) is 0 Å². The molecule has 1 aromatic heterocycles. The van der Waals surface area contributed by atoms with E-state index in [9.17, 15) is 0 Å². The fourth-order valence-electron chi connectivity index (χ4n) is 3.04. The van der Waals surface area contributed by atoms with Crippen LogP contribution in [-0.2, 0) is 0 Å². The molecule has 2 nitrogen and oxygen atoms in total. The highest BCUT2D eigenvalue weighted by atomic mass is 79.9. The Hall–Kier alpha value is -1.09. The second-order valence-corrected chi connectivity index (χ2v) is 7.10. The molecule has 3 heteroatoms. The quantitative estimate of drug-likeness (QED) is 0.843. The summed E-state index contributed by atoms with van der Waals surface area (Å²) in [6.45, 7) is 4.70. The van der Waals surface area contributed by atoms with Gasteiger partial charge in [-0.15, -0.1) is 0 Å². The fourth-order valence-corrected chi connectivity index (χ4v) is 3.53. The van der Waals surface area contributed by atoms with Gasteiger partial charge in [-0.2, -0.15) is 0 Å². The monoisotopic (exact) mass is 318 g/mol. The Morgan fingerprint density at radius 2 is 2.11 bits per heavy atom. The fraction of sp³-hybridized carbons (Fsp3) is 0.438. The smallest absolute Gasteiger partial charge is 0.134 e. The number of aromatic nitrogens is 1. The summed E-state index contributed by atoms with van der Waals surface area (Å²) < 4.78 is 1.13. The van der Waals surface area contributed by atoms with Crippen molar-refractivity contribution in [2.75, 3.05) is 5.32 Å². The average molecular weight is 319 g/mol. The number of hydrogen-bond acceptors (Lipinski definition) is 2. The van der Waals surface area contributed by atoms with Crippen molar-refractivity contribution in [1.82, 2.24) is 4.98 Å². The Kier molecular flexibility index (Phi) is 3.25. The summed E-state index contributed by atoms with van der Waals surface area (Å²) in [6.07, 6.45) is 5.63. The largest absolute Gasteiger partial charge is 0.367 e. The third-order valence-electron chi connectivity index (χ3n) is 4.06. The zero-order valence-corrected chi connectivity index (χ0v) is 13.0. The van der Waals surface area contributed by atoms with Gasteiger partial charge in [0.1, 0.15) is 5.82 Å². The van der Waals surface area contributed by atoms with Crippen molar-refractivity contribution in [2.45, 2.75) is 39.2 Å². The summed E-state index contributed by atoms with van der Waals surface area (Å²) in [4.78, 5) is 4.53. The Morgan fingerprint density at radius 1 is 1.26 bits per heavy atom. The minimum Gasteiger partial charge on any atom is -0.367 e. The number of benzene rings is 1. The molecule has 0 bridgehead atoms. The second-order valence-electron chi connectivity index (χ2n) is 6.24. The highest BCUT2D eigenvalue weighted by Gasteiger charge is 2.31. The van der Waals surface area contributed by atoms with Gasteiger partial charge in [0.05, 0.1) is 0 Å². The van der Waals surface area contributed by atoms with Crippen LogP contribution in [0, 0.1) is 5.41 Å². The highest BCUT2D eigenvalue weighted by Crippen LogP contribution is 2.39. The molecule has 1 aromatic carbocycles. The third-order valence-corrected chi connectivity index (χ3v) is 4.75. The first-order valence-electron chi connectivity index (χ1n) is 6.85. The molecule has 1 aliphatic carbocycles. The van der Waals surface area contributed by atoms with Crippen LogP contribution >= 0.6 is 15.9 Å². The Bertz CT molecular complexity index is 607. The molecule has 1 heterocycles. The molecule has 1 fully saturated rings. The molecule has 1 aliphatic rings. The van der Waals surface area contributed by atoms with Crippen molar-refractivity contribution >= 4 is 32.5 Å². The molecule has 0 saturated heterocycles. The summed E-state index contributed by atoms with van der Waals surface area (Å²) in [5.74, 6) is 1.02. The van der Waals surface area contributed by atoms with Gasteiger partial charge in [0.15, 0.2) is 0 Å². The minimum absolute atomic E-state index is 0.461.